The zero-order valence-corrected chi connectivity index (χ0v) is 26.3. The molecule has 0 bridgehead atoms. The van der Waals surface area contributed by atoms with Crippen LogP contribution in [-0.2, 0) is 25.7 Å². The molecule has 0 aliphatic rings. The largest absolute Gasteiger partial charge is 0.464 e. The van der Waals surface area contributed by atoms with Crippen molar-refractivity contribution in [3.63, 3.8) is 0 Å². The van der Waals surface area contributed by atoms with Crippen LogP contribution < -0.4 is 15.2 Å². The van der Waals surface area contributed by atoms with Crippen LogP contribution in [0, 0.1) is 0 Å². The average molecular weight is 575 g/mol. The molecule has 1 aromatic rings. The predicted molar refractivity (Wildman–Crippen MR) is 166 cm³/mol. The van der Waals surface area contributed by atoms with Gasteiger partial charge in [-0.15, -0.1) is 0 Å². The molecule has 0 spiro atoms. The first-order valence-electron chi connectivity index (χ1n) is 16.7. The van der Waals surface area contributed by atoms with Crippen molar-refractivity contribution in [2.45, 2.75) is 155 Å². The number of nitrogens with one attached hydrogen (secondary N) is 2. The molecule has 0 aromatic carbocycles. The molecule has 0 radical (unpaired) electrons. The quantitative estimate of drug-likeness (QED) is 0.0675. The lowest BCUT2D eigenvalue weighted by molar-refractivity contribution is -0.697. The molecule has 0 unspecified atom stereocenters. The summed E-state index contributed by atoms with van der Waals surface area (Å²) in [6.07, 6.45) is 24.9. The maximum atomic E-state index is 12.5. The highest BCUT2D eigenvalue weighted by atomic mass is 16.5. The second-order valence-electron chi connectivity index (χ2n) is 11.3. The van der Waals surface area contributed by atoms with Gasteiger partial charge in [-0.3, -0.25) is 9.59 Å². The lowest BCUT2D eigenvalue weighted by Gasteiger charge is -2.17. The summed E-state index contributed by atoms with van der Waals surface area (Å²) in [6.45, 7) is 5.98. The Bertz CT molecular complexity index is 787. The average Bonchev–Trinajstić information content (AvgIpc) is 2.97. The number of hydrogen-bond donors (Lipinski definition) is 2. The van der Waals surface area contributed by atoms with E-state index in [1.807, 2.05) is 6.07 Å². The summed E-state index contributed by atoms with van der Waals surface area (Å²) in [6, 6.07) is 5.57. The molecular formula is C34H60N3O4+. The van der Waals surface area contributed by atoms with Gasteiger partial charge in [0.1, 0.15) is 12.6 Å². The number of carbonyl (C=O) groups excluding carboxylic acids is 3. The second kappa shape index (κ2) is 26.5. The smallest absolute Gasteiger partial charge is 0.328 e. The third kappa shape index (κ3) is 21.9. The van der Waals surface area contributed by atoms with Crippen LogP contribution in [0.15, 0.2) is 30.6 Å². The Balaban J connectivity index is 2.07. The van der Waals surface area contributed by atoms with E-state index >= 15 is 0 Å². The highest BCUT2D eigenvalue weighted by molar-refractivity contribution is 5.84. The molecule has 0 fully saturated rings. The van der Waals surface area contributed by atoms with Gasteiger partial charge in [0, 0.05) is 37.9 Å². The highest BCUT2D eigenvalue weighted by Crippen LogP contribution is 2.11. The van der Waals surface area contributed by atoms with Crippen LogP contribution in [0.25, 0.3) is 0 Å². The topological polar surface area (TPSA) is 88.4 Å². The predicted octanol–water partition coefficient (Wildman–Crippen LogP) is 6.96. The number of pyridine rings is 1. The Labute approximate surface area is 250 Å². The number of esters is 1. The summed E-state index contributed by atoms with van der Waals surface area (Å²) in [5, 5.41) is 5.87. The van der Waals surface area contributed by atoms with Crippen LogP contribution in [0.3, 0.4) is 0 Å². The Kier molecular flexibility index (Phi) is 23.6. The van der Waals surface area contributed by atoms with Gasteiger partial charge in [0.2, 0.25) is 11.8 Å². The maximum absolute atomic E-state index is 12.5. The first kappa shape index (κ1) is 36.6. The van der Waals surface area contributed by atoms with Crippen LogP contribution in [0.4, 0.5) is 0 Å². The molecule has 0 aliphatic heterocycles. The number of aryl methyl sites for hydroxylation is 1. The third-order valence-corrected chi connectivity index (χ3v) is 7.50. The second-order valence-corrected chi connectivity index (χ2v) is 11.3. The molecule has 1 rings (SSSR count). The Morgan fingerprint density at radius 2 is 1.22 bits per heavy atom. The first-order chi connectivity index (χ1) is 20.1. The van der Waals surface area contributed by atoms with Crippen molar-refractivity contribution in [2.75, 3.05) is 13.2 Å². The van der Waals surface area contributed by atoms with Crippen LogP contribution in [0.1, 0.15) is 142 Å². The van der Waals surface area contributed by atoms with E-state index in [4.69, 9.17) is 4.74 Å². The molecule has 0 aliphatic carbocycles. The fourth-order valence-electron chi connectivity index (χ4n) is 5.01. The summed E-state index contributed by atoms with van der Waals surface area (Å²) in [5.74, 6) is -0.338. The maximum Gasteiger partial charge on any atom is 0.328 e. The van der Waals surface area contributed by atoms with Crippen molar-refractivity contribution < 1.29 is 23.7 Å². The van der Waals surface area contributed by atoms with E-state index in [1.165, 1.54) is 64.2 Å². The molecular weight excluding hydrogens is 514 g/mol. The van der Waals surface area contributed by atoms with Crippen LogP contribution in [-0.4, -0.2) is 37.0 Å². The van der Waals surface area contributed by atoms with E-state index < -0.39 is 6.04 Å². The number of carbonyl (C=O) groups is 3. The molecule has 1 aromatic heterocycles. The van der Waals surface area contributed by atoms with Crippen molar-refractivity contribution in [3.05, 3.63) is 30.6 Å². The zero-order valence-electron chi connectivity index (χ0n) is 26.3. The minimum absolute atomic E-state index is 0.0792. The number of ether oxygens (including phenoxy) is 1. The summed E-state index contributed by atoms with van der Waals surface area (Å²) in [4.78, 5) is 36.9. The van der Waals surface area contributed by atoms with E-state index in [0.717, 1.165) is 51.5 Å². The fraction of sp³-hybridized carbons (Fsp3) is 0.765. The Morgan fingerprint density at radius 3 is 1.83 bits per heavy atom. The van der Waals surface area contributed by atoms with Crippen molar-refractivity contribution >= 4 is 17.8 Å². The summed E-state index contributed by atoms with van der Waals surface area (Å²) >= 11 is 0. The van der Waals surface area contributed by atoms with Gasteiger partial charge >= 0.3 is 5.97 Å². The van der Waals surface area contributed by atoms with Gasteiger partial charge in [-0.1, -0.05) is 83.6 Å². The number of unbranched alkanes of at least 4 members (excludes halogenated alkanes) is 14. The molecule has 0 saturated heterocycles. The van der Waals surface area contributed by atoms with Gasteiger partial charge < -0.3 is 15.4 Å². The van der Waals surface area contributed by atoms with Gasteiger partial charge in [0.25, 0.3) is 0 Å². The number of hydrogen-bond acceptors (Lipinski definition) is 4. The molecule has 7 nitrogen and oxygen atoms in total. The number of amides is 2. The SMILES string of the molecule is CCCCCCCCCC(=O)NCCCC[C@H](NC(=O)CCCCCCCCCC[n+]1ccccc1)C(=O)OCC. The third-order valence-electron chi connectivity index (χ3n) is 7.50. The monoisotopic (exact) mass is 574 g/mol. The Hall–Kier alpha value is -2.44. The molecule has 234 valence electrons. The van der Waals surface area contributed by atoms with E-state index in [0.29, 0.717) is 32.4 Å². The fourth-order valence-corrected chi connectivity index (χ4v) is 5.01. The summed E-state index contributed by atoms with van der Waals surface area (Å²) < 4.78 is 7.42. The van der Waals surface area contributed by atoms with E-state index in [2.05, 4.69) is 46.7 Å². The first-order valence-corrected chi connectivity index (χ1v) is 16.7. The lowest BCUT2D eigenvalue weighted by Crippen LogP contribution is -2.41. The van der Waals surface area contributed by atoms with Crippen molar-refractivity contribution in [2.24, 2.45) is 0 Å². The standard InChI is InChI=1S/C34H59N3O4/c1-3-5-6-7-10-13-17-25-32(38)35-27-20-19-24-31(34(40)41-4-2)36-33(39)26-18-14-11-8-9-12-15-21-28-37-29-22-16-23-30-37/h16,22-23,29-31H,3-15,17-21,24-28H2,1-2H3,(H-,35,36,38,39)/p+1/t31-/m0/s1. The van der Waals surface area contributed by atoms with E-state index in [9.17, 15) is 14.4 Å². The molecule has 0 saturated carbocycles. The molecule has 7 heteroatoms. The summed E-state index contributed by atoms with van der Waals surface area (Å²) in [5.41, 5.74) is 0. The van der Waals surface area contributed by atoms with Crippen LogP contribution in [0.5, 0.6) is 0 Å². The van der Waals surface area contributed by atoms with Crippen LogP contribution in [0.2, 0.25) is 0 Å². The van der Waals surface area contributed by atoms with Gasteiger partial charge in [0.05, 0.1) is 6.61 Å². The van der Waals surface area contributed by atoms with Gasteiger partial charge in [0.15, 0.2) is 12.4 Å². The minimum Gasteiger partial charge on any atom is -0.464 e. The van der Waals surface area contributed by atoms with E-state index in [1.54, 1.807) is 6.92 Å². The molecule has 41 heavy (non-hydrogen) atoms. The van der Waals surface area contributed by atoms with Crippen molar-refractivity contribution in [1.82, 2.24) is 10.6 Å². The van der Waals surface area contributed by atoms with Gasteiger partial charge in [-0.25, -0.2) is 9.36 Å². The normalized spacial score (nSPS) is 11.7. The van der Waals surface area contributed by atoms with Crippen molar-refractivity contribution in [3.8, 4) is 0 Å². The number of nitrogens with zero attached hydrogens (tertiary/aromatic N) is 1. The molecule has 2 N–H and O–H groups in total. The Morgan fingerprint density at radius 1 is 0.659 bits per heavy atom. The number of aromatic nitrogens is 1. The van der Waals surface area contributed by atoms with Crippen molar-refractivity contribution in [1.29, 1.82) is 0 Å². The molecule has 1 atom stereocenters. The van der Waals surface area contributed by atoms with Gasteiger partial charge in [-0.05, 0) is 45.4 Å². The molecule has 2 amide bonds. The number of rotatable bonds is 27. The van der Waals surface area contributed by atoms with Crippen LogP contribution >= 0.6 is 0 Å². The van der Waals surface area contributed by atoms with Gasteiger partial charge in [-0.2, -0.15) is 0 Å². The van der Waals surface area contributed by atoms with E-state index in [-0.39, 0.29) is 17.8 Å². The molecule has 1 heterocycles. The minimum atomic E-state index is -0.611. The summed E-state index contributed by atoms with van der Waals surface area (Å²) in [7, 11) is 0. The highest BCUT2D eigenvalue weighted by Gasteiger charge is 2.21. The lowest BCUT2D eigenvalue weighted by atomic mass is 10.1. The zero-order chi connectivity index (χ0) is 29.8.